The average molecular weight is 486 g/mol. The maximum Gasteiger partial charge on any atom is 0.262 e. The molecule has 186 valence electrons. The van der Waals surface area contributed by atoms with E-state index >= 15 is 0 Å². The molecule has 7 heteroatoms. The molecule has 0 aliphatic carbocycles. The number of para-hydroxylation sites is 1. The van der Waals surface area contributed by atoms with Crippen molar-refractivity contribution in [2.24, 2.45) is 5.92 Å². The van der Waals surface area contributed by atoms with Gasteiger partial charge in [0.05, 0.1) is 5.92 Å². The molecule has 3 aromatic carbocycles. The van der Waals surface area contributed by atoms with Gasteiger partial charge in [0.1, 0.15) is 5.75 Å². The number of rotatable bonds is 9. The lowest BCUT2D eigenvalue weighted by atomic mass is 10.1. The molecule has 0 saturated carbocycles. The number of hydrogen-bond acceptors (Lipinski definition) is 4. The molecule has 4 rings (SSSR count). The summed E-state index contributed by atoms with van der Waals surface area (Å²) in [5.41, 5.74) is 4.71. The van der Waals surface area contributed by atoms with Crippen molar-refractivity contribution in [1.29, 1.82) is 0 Å². The minimum Gasteiger partial charge on any atom is -0.484 e. The molecule has 1 saturated heterocycles. The number of ether oxygens (including phenoxy) is 1. The van der Waals surface area contributed by atoms with Crippen molar-refractivity contribution in [3.05, 3.63) is 89.5 Å². The van der Waals surface area contributed by atoms with E-state index in [0.29, 0.717) is 24.5 Å². The van der Waals surface area contributed by atoms with Gasteiger partial charge in [-0.3, -0.25) is 14.4 Å². The quantitative estimate of drug-likeness (QED) is 0.475. The van der Waals surface area contributed by atoms with Crippen molar-refractivity contribution in [2.45, 2.75) is 33.2 Å². The van der Waals surface area contributed by atoms with E-state index in [1.54, 1.807) is 29.2 Å². The second kappa shape index (κ2) is 11.5. The summed E-state index contributed by atoms with van der Waals surface area (Å²) >= 11 is 0. The summed E-state index contributed by atoms with van der Waals surface area (Å²) in [6, 6.07) is 22.7. The molecule has 7 nitrogen and oxygen atoms in total. The van der Waals surface area contributed by atoms with E-state index in [1.165, 1.54) is 5.56 Å². The molecule has 1 heterocycles. The monoisotopic (exact) mass is 485 g/mol. The number of hydrogen-bond donors (Lipinski definition) is 2. The van der Waals surface area contributed by atoms with E-state index in [4.69, 9.17) is 4.74 Å². The lowest BCUT2D eigenvalue weighted by Gasteiger charge is -2.17. The lowest BCUT2D eigenvalue weighted by Crippen LogP contribution is -2.32. The van der Waals surface area contributed by atoms with Gasteiger partial charge in [-0.15, -0.1) is 0 Å². The second-order valence-corrected chi connectivity index (χ2v) is 8.94. The third-order valence-electron chi connectivity index (χ3n) is 6.33. The number of aryl methyl sites for hydroxylation is 2. The van der Waals surface area contributed by atoms with Crippen LogP contribution in [0.15, 0.2) is 72.8 Å². The SMILES string of the molecule is CCc1ccc(CNC(=O)[C@H]2CC(=O)N(c3ccc(OCC(=O)Nc4ccccc4C)cc3)C2)cc1. The standard InChI is InChI=1S/C29H31N3O4/c1-3-21-8-10-22(11-9-21)17-30-29(35)23-16-28(34)32(18-23)24-12-14-25(15-13-24)36-19-27(33)31-26-7-5-4-6-20(26)2/h4-15,23H,3,16-19H2,1-2H3,(H,30,35)(H,31,33)/t23-/m0/s1. The first-order valence-electron chi connectivity index (χ1n) is 12.2. The fraction of sp³-hybridized carbons (Fsp3) is 0.276. The molecule has 3 amide bonds. The molecule has 0 unspecified atom stereocenters. The molecule has 0 radical (unpaired) electrons. The zero-order valence-electron chi connectivity index (χ0n) is 20.6. The maximum absolute atomic E-state index is 12.7. The Morgan fingerprint density at radius 3 is 2.36 bits per heavy atom. The van der Waals surface area contributed by atoms with Crippen LogP contribution in [-0.2, 0) is 27.3 Å². The molecule has 36 heavy (non-hydrogen) atoms. The molecule has 2 N–H and O–H groups in total. The first-order chi connectivity index (χ1) is 17.4. The second-order valence-electron chi connectivity index (χ2n) is 8.94. The first-order valence-corrected chi connectivity index (χ1v) is 12.2. The van der Waals surface area contributed by atoms with Gasteiger partial charge >= 0.3 is 0 Å². The molecular formula is C29H31N3O4. The molecular weight excluding hydrogens is 454 g/mol. The minimum atomic E-state index is -0.395. The average Bonchev–Trinajstić information content (AvgIpc) is 3.29. The highest BCUT2D eigenvalue weighted by molar-refractivity contribution is 6.00. The van der Waals surface area contributed by atoms with Gasteiger partial charge in [0.15, 0.2) is 6.61 Å². The number of carbonyl (C=O) groups is 3. The third kappa shape index (κ3) is 6.30. The van der Waals surface area contributed by atoms with Crippen LogP contribution in [0, 0.1) is 12.8 Å². The van der Waals surface area contributed by atoms with Crippen molar-refractivity contribution < 1.29 is 19.1 Å². The summed E-state index contributed by atoms with van der Waals surface area (Å²) in [5, 5.41) is 5.78. The fourth-order valence-electron chi connectivity index (χ4n) is 4.13. The Bertz CT molecular complexity index is 1220. The van der Waals surface area contributed by atoms with Gasteiger partial charge in [0, 0.05) is 30.9 Å². The molecule has 1 atom stereocenters. The Hall–Kier alpha value is -4.13. The first kappa shape index (κ1) is 25.0. The summed E-state index contributed by atoms with van der Waals surface area (Å²) in [6.45, 7) is 4.68. The van der Waals surface area contributed by atoms with Crippen LogP contribution in [0.3, 0.4) is 0 Å². The Kier molecular flexibility index (Phi) is 8.00. The molecule has 0 aromatic heterocycles. The van der Waals surface area contributed by atoms with E-state index in [-0.39, 0.29) is 30.7 Å². The third-order valence-corrected chi connectivity index (χ3v) is 6.33. The van der Waals surface area contributed by atoms with Gasteiger partial charge in [-0.25, -0.2) is 0 Å². The van der Waals surface area contributed by atoms with Crippen molar-refractivity contribution >= 4 is 29.1 Å². The normalized spacial score (nSPS) is 15.0. The largest absolute Gasteiger partial charge is 0.484 e. The summed E-state index contributed by atoms with van der Waals surface area (Å²) in [5.74, 6) is -0.334. The Morgan fingerprint density at radius 1 is 0.972 bits per heavy atom. The number of amides is 3. The molecule has 0 bridgehead atoms. The Balaban J connectivity index is 1.26. The van der Waals surface area contributed by atoms with Crippen molar-refractivity contribution in [3.8, 4) is 5.75 Å². The van der Waals surface area contributed by atoms with Crippen LogP contribution in [-0.4, -0.2) is 30.9 Å². The van der Waals surface area contributed by atoms with Gasteiger partial charge < -0.3 is 20.3 Å². The van der Waals surface area contributed by atoms with Gasteiger partial charge in [-0.05, 0) is 60.4 Å². The van der Waals surface area contributed by atoms with Crippen molar-refractivity contribution in [2.75, 3.05) is 23.4 Å². The van der Waals surface area contributed by atoms with Gasteiger partial charge in [-0.1, -0.05) is 49.4 Å². The van der Waals surface area contributed by atoms with E-state index in [0.717, 1.165) is 23.2 Å². The maximum atomic E-state index is 12.7. The topological polar surface area (TPSA) is 87.7 Å². The smallest absolute Gasteiger partial charge is 0.262 e. The Morgan fingerprint density at radius 2 is 1.67 bits per heavy atom. The molecule has 3 aromatic rings. The molecule has 1 aliphatic rings. The van der Waals surface area contributed by atoms with Gasteiger partial charge in [0.25, 0.3) is 5.91 Å². The van der Waals surface area contributed by atoms with Gasteiger partial charge in [-0.2, -0.15) is 0 Å². The zero-order chi connectivity index (χ0) is 25.5. The minimum absolute atomic E-state index is 0.0891. The van der Waals surface area contributed by atoms with Crippen molar-refractivity contribution in [1.82, 2.24) is 5.32 Å². The molecule has 1 aliphatic heterocycles. The highest BCUT2D eigenvalue weighted by atomic mass is 16.5. The number of carbonyl (C=O) groups excluding carboxylic acids is 3. The van der Waals surface area contributed by atoms with E-state index in [2.05, 4.69) is 29.7 Å². The predicted octanol–water partition coefficient (Wildman–Crippen LogP) is 4.24. The van der Waals surface area contributed by atoms with E-state index < -0.39 is 5.92 Å². The van der Waals surface area contributed by atoms with Crippen LogP contribution in [0.4, 0.5) is 11.4 Å². The highest BCUT2D eigenvalue weighted by Crippen LogP contribution is 2.27. The van der Waals surface area contributed by atoms with E-state index in [1.807, 2.05) is 43.3 Å². The summed E-state index contributed by atoms with van der Waals surface area (Å²) < 4.78 is 5.59. The summed E-state index contributed by atoms with van der Waals surface area (Å²) in [4.78, 5) is 39.1. The van der Waals surface area contributed by atoms with E-state index in [9.17, 15) is 14.4 Å². The van der Waals surface area contributed by atoms with Crippen LogP contribution in [0.1, 0.15) is 30.0 Å². The Labute approximate surface area is 211 Å². The number of nitrogens with zero attached hydrogens (tertiary/aromatic N) is 1. The van der Waals surface area contributed by atoms with Crippen LogP contribution < -0.4 is 20.3 Å². The van der Waals surface area contributed by atoms with Crippen LogP contribution >= 0.6 is 0 Å². The molecule has 1 fully saturated rings. The highest BCUT2D eigenvalue weighted by Gasteiger charge is 2.35. The zero-order valence-corrected chi connectivity index (χ0v) is 20.6. The summed E-state index contributed by atoms with van der Waals surface area (Å²) in [6.07, 6.45) is 1.15. The molecule has 0 spiro atoms. The number of nitrogens with one attached hydrogen (secondary N) is 2. The van der Waals surface area contributed by atoms with Crippen LogP contribution in [0.2, 0.25) is 0 Å². The van der Waals surface area contributed by atoms with Gasteiger partial charge in [0.2, 0.25) is 11.8 Å². The number of benzene rings is 3. The van der Waals surface area contributed by atoms with Crippen LogP contribution in [0.5, 0.6) is 5.75 Å². The van der Waals surface area contributed by atoms with Crippen LogP contribution in [0.25, 0.3) is 0 Å². The predicted molar refractivity (Wildman–Crippen MR) is 140 cm³/mol. The summed E-state index contributed by atoms with van der Waals surface area (Å²) in [7, 11) is 0. The number of anilines is 2. The fourth-order valence-corrected chi connectivity index (χ4v) is 4.13. The lowest BCUT2D eigenvalue weighted by molar-refractivity contribution is -0.126. The van der Waals surface area contributed by atoms with Crippen molar-refractivity contribution in [3.63, 3.8) is 0 Å².